The summed E-state index contributed by atoms with van der Waals surface area (Å²) in [5.74, 6) is -0.346. The summed E-state index contributed by atoms with van der Waals surface area (Å²) in [7, 11) is -3.54. The van der Waals surface area contributed by atoms with E-state index in [0.29, 0.717) is 36.0 Å². The van der Waals surface area contributed by atoms with Crippen molar-refractivity contribution in [3.8, 4) is 0 Å². The van der Waals surface area contributed by atoms with Crippen LogP contribution in [0.1, 0.15) is 64.3 Å². The van der Waals surface area contributed by atoms with Gasteiger partial charge in [-0.15, -0.1) is 0 Å². The van der Waals surface area contributed by atoms with Gasteiger partial charge in [0.15, 0.2) is 0 Å². The van der Waals surface area contributed by atoms with Crippen molar-refractivity contribution in [1.29, 1.82) is 0 Å². The summed E-state index contributed by atoms with van der Waals surface area (Å²) in [6.45, 7) is 6.25. The first-order valence-corrected chi connectivity index (χ1v) is 16.4. The molecule has 2 aromatic rings. The van der Waals surface area contributed by atoms with E-state index in [4.69, 9.17) is 0 Å². The highest BCUT2D eigenvalue weighted by atomic mass is 32.2. The zero-order valence-electron chi connectivity index (χ0n) is 24.4. The number of allylic oxidation sites excluding steroid dienone is 3. The number of carbonyl (C=O) groups excluding carboxylic acids is 2. The van der Waals surface area contributed by atoms with Crippen LogP contribution in [0, 0.1) is 5.92 Å². The van der Waals surface area contributed by atoms with Crippen LogP contribution in [0.15, 0.2) is 65.6 Å². The number of nitrogens with zero attached hydrogens (tertiary/aromatic N) is 1. The molecule has 5 rings (SSSR count). The van der Waals surface area contributed by atoms with E-state index in [-0.39, 0.29) is 49.6 Å². The minimum Gasteiger partial charge on any atom is -0.348 e. The van der Waals surface area contributed by atoms with E-state index >= 15 is 0 Å². The molecule has 0 bridgehead atoms. The second-order valence-electron chi connectivity index (χ2n) is 11.7. The predicted octanol–water partition coefficient (Wildman–Crippen LogP) is 4.77. The van der Waals surface area contributed by atoms with Gasteiger partial charge in [-0.2, -0.15) is 13.2 Å². The molecule has 2 amide bonds. The lowest BCUT2D eigenvalue weighted by Gasteiger charge is -2.26. The van der Waals surface area contributed by atoms with Gasteiger partial charge in [-0.05, 0) is 79.0 Å². The summed E-state index contributed by atoms with van der Waals surface area (Å²) in [5, 5.41) is 8.64. The second-order valence-corrected chi connectivity index (χ2v) is 13.4. The number of hydrogen-bond donors (Lipinski definition) is 3. The van der Waals surface area contributed by atoms with E-state index in [9.17, 15) is 31.2 Å². The summed E-state index contributed by atoms with van der Waals surface area (Å²) < 4.78 is 64.9. The van der Waals surface area contributed by atoms with Crippen LogP contribution in [-0.4, -0.2) is 70.6 Å². The SMILES string of the molecule is C=CS(=O)(=O)NCC1CCN(C(=O)c2ccc3c(C(=O)NCC4=CC=C(C(F)(F)F)CC4)c(C4CCCNC4)ccc3c2)C1. The minimum atomic E-state index is -4.35. The molecular weight excluding hydrogens is 593 g/mol. The third-order valence-corrected chi connectivity index (χ3v) is 9.71. The lowest BCUT2D eigenvalue weighted by atomic mass is 9.85. The van der Waals surface area contributed by atoms with E-state index in [0.717, 1.165) is 53.9 Å². The normalized spacial score (nSPS) is 21.1. The fourth-order valence-corrected chi connectivity index (χ4v) is 6.78. The monoisotopic (exact) mass is 630 g/mol. The van der Waals surface area contributed by atoms with Crippen LogP contribution in [0.4, 0.5) is 13.2 Å². The zero-order valence-corrected chi connectivity index (χ0v) is 25.2. The number of amides is 2. The Hall–Kier alpha value is -3.48. The number of benzene rings is 2. The number of sulfonamides is 1. The maximum Gasteiger partial charge on any atom is 0.412 e. The number of hydrogen-bond acceptors (Lipinski definition) is 5. The summed E-state index contributed by atoms with van der Waals surface area (Å²) in [6.07, 6.45) is 0.862. The van der Waals surface area contributed by atoms with Gasteiger partial charge >= 0.3 is 6.18 Å². The maximum atomic E-state index is 13.7. The fraction of sp³-hybridized carbons (Fsp3) is 0.438. The number of piperidine rings is 1. The number of carbonyl (C=O) groups is 2. The van der Waals surface area contributed by atoms with Crippen LogP contribution >= 0.6 is 0 Å². The Morgan fingerprint density at radius 2 is 1.93 bits per heavy atom. The average Bonchev–Trinajstić information content (AvgIpc) is 3.51. The van der Waals surface area contributed by atoms with Crippen LogP contribution in [-0.2, 0) is 10.0 Å². The van der Waals surface area contributed by atoms with Crippen molar-refractivity contribution in [2.24, 2.45) is 5.92 Å². The van der Waals surface area contributed by atoms with Gasteiger partial charge in [0.2, 0.25) is 10.0 Å². The van der Waals surface area contributed by atoms with Gasteiger partial charge in [0, 0.05) is 49.3 Å². The van der Waals surface area contributed by atoms with Crippen molar-refractivity contribution in [2.45, 2.75) is 44.2 Å². The standard InChI is InChI=1S/C32H37F3N4O4S/c1-2-44(42,43)38-18-22-13-15-39(20-22)31(41)24-8-12-27-23(16-24)7-11-28(25-4-3-14-36-19-25)29(27)30(40)37-17-21-5-9-26(10-6-21)32(33,34)35/h2,5,7-9,11-12,16,22,25,36,38H,1,3-4,6,10,13-15,17-20H2,(H,37,40). The Bertz CT molecular complexity index is 1610. The molecule has 12 heteroatoms. The van der Waals surface area contributed by atoms with E-state index in [1.807, 2.05) is 12.1 Å². The Kier molecular flexibility index (Phi) is 9.62. The number of nitrogens with one attached hydrogen (secondary N) is 3. The van der Waals surface area contributed by atoms with Gasteiger partial charge in [0.25, 0.3) is 11.8 Å². The van der Waals surface area contributed by atoms with Crippen molar-refractivity contribution < 1.29 is 31.2 Å². The number of rotatable bonds is 9. The first-order valence-electron chi connectivity index (χ1n) is 14.9. The lowest BCUT2D eigenvalue weighted by Crippen LogP contribution is -2.32. The third kappa shape index (κ3) is 7.41. The molecule has 2 saturated heterocycles. The van der Waals surface area contributed by atoms with Gasteiger partial charge in [-0.1, -0.05) is 42.5 Å². The maximum absolute atomic E-state index is 13.7. The first-order chi connectivity index (χ1) is 20.9. The highest BCUT2D eigenvalue weighted by Crippen LogP contribution is 2.34. The number of halogens is 3. The van der Waals surface area contributed by atoms with Gasteiger partial charge < -0.3 is 15.5 Å². The molecule has 0 radical (unpaired) electrons. The van der Waals surface area contributed by atoms with Crippen LogP contribution in [0.5, 0.6) is 0 Å². The number of likely N-dealkylation sites (tertiary alicyclic amines) is 1. The van der Waals surface area contributed by atoms with Crippen LogP contribution in [0.25, 0.3) is 10.8 Å². The topological polar surface area (TPSA) is 108 Å². The molecule has 0 saturated carbocycles. The quantitative estimate of drug-likeness (QED) is 0.370. The molecule has 2 heterocycles. The summed E-state index contributed by atoms with van der Waals surface area (Å²) >= 11 is 0. The molecule has 3 aliphatic rings. The molecule has 236 valence electrons. The Balaban J connectivity index is 1.36. The second kappa shape index (κ2) is 13.3. The molecule has 3 N–H and O–H groups in total. The smallest absolute Gasteiger partial charge is 0.348 e. The molecule has 0 spiro atoms. The minimum absolute atomic E-state index is 0.00842. The van der Waals surface area contributed by atoms with E-state index in [1.54, 1.807) is 23.1 Å². The van der Waals surface area contributed by atoms with Crippen LogP contribution in [0.3, 0.4) is 0 Å². The van der Waals surface area contributed by atoms with Crippen molar-refractivity contribution >= 4 is 32.6 Å². The van der Waals surface area contributed by atoms with E-state index in [1.165, 1.54) is 6.08 Å². The molecule has 2 fully saturated rings. The van der Waals surface area contributed by atoms with Crippen molar-refractivity contribution in [2.75, 3.05) is 39.3 Å². The summed E-state index contributed by atoms with van der Waals surface area (Å²) in [4.78, 5) is 28.8. The van der Waals surface area contributed by atoms with Crippen molar-refractivity contribution in [3.05, 3.63) is 82.3 Å². The molecule has 0 aromatic heterocycles. The first kappa shape index (κ1) is 31.9. The average molecular weight is 631 g/mol. The van der Waals surface area contributed by atoms with Gasteiger partial charge in [-0.25, -0.2) is 13.1 Å². The molecule has 2 aromatic carbocycles. The molecule has 2 aliphatic heterocycles. The Morgan fingerprint density at radius 1 is 1.11 bits per heavy atom. The predicted molar refractivity (Wildman–Crippen MR) is 164 cm³/mol. The number of fused-ring (bicyclic) bond motifs is 1. The fourth-order valence-electron chi connectivity index (χ4n) is 6.20. The third-order valence-electron chi connectivity index (χ3n) is 8.70. The van der Waals surface area contributed by atoms with Crippen molar-refractivity contribution in [1.82, 2.24) is 20.3 Å². The van der Waals surface area contributed by atoms with E-state index in [2.05, 4.69) is 21.9 Å². The van der Waals surface area contributed by atoms with E-state index < -0.39 is 21.8 Å². The molecule has 2 unspecified atom stereocenters. The summed E-state index contributed by atoms with van der Waals surface area (Å²) in [6, 6.07) is 9.15. The largest absolute Gasteiger partial charge is 0.412 e. The lowest BCUT2D eigenvalue weighted by molar-refractivity contribution is -0.0941. The molecular formula is C32H37F3N4O4S. The highest BCUT2D eigenvalue weighted by molar-refractivity contribution is 7.92. The Morgan fingerprint density at radius 3 is 2.61 bits per heavy atom. The van der Waals surface area contributed by atoms with Gasteiger partial charge in [-0.3, -0.25) is 9.59 Å². The highest BCUT2D eigenvalue weighted by Gasteiger charge is 2.34. The molecule has 2 atom stereocenters. The van der Waals surface area contributed by atoms with Crippen molar-refractivity contribution in [3.63, 3.8) is 0 Å². The van der Waals surface area contributed by atoms with Crippen LogP contribution in [0.2, 0.25) is 0 Å². The Labute approximate surface area is 255 Å². The van der Waals surface area contributed by atoms with Gasteiger partial charge in [0.05, 0.1) is 5.56 Å². The zero-order chi connectivity index (χ0) is 31.5. The molecule has 8 nitrogen and oxygen atoms in total. The molecule has 1 aliphatic carbocycles. The van der Waals surface area contributed by atoms with Crippen LogP contribution < -0.4 is 15.4 Å². The van der Waals surface area contributed by atoms with Gasteiger partial charge in [0.1, 0.15) is 0 Å². The summed E-state index contributed by atoms with van der Waals surface area (Å²) in [5.41, 5.74) is 2.06. The molecule has 44 heavy (non-hydrogen) atoms. The number of alkyl halides is 3.